The topological polar surface area (TPSA) is 55.1 Å². The Labute approximate surface area is 196 Å². The number of aryl methyl sites for hydroxylation is 1. The summed E-state index contributed by atoms with van der Waals surface area (Å²) in [6.45, 7) is 2.43. The Bertz CT molecular complexity index is 1170. The van der Waals surface area contributed by atoms with Gasteiger partial charge < -0.3 is 9.73 Å². The van der Waals surface area contributed by atoms with Gasteiger partial charge in [0.1, 0.15) is 5.76 Å². The van der Waals surface area contributed by atoms with E-state index in [4.69, 9.17) is 4.42 Å². The van der Waals surface area contributed by atoms with Crippen LogP contribution in [0.2, 0.25) is 0 Å². The molecule has 1 N–H and O–H groups in total. The summed E-state index contributed by atoms with van der Waals surface area (Å²) in [5.41, 5.74) is 3.47. The molecule has 0 aliphatic heterocycles. The zero-order valence-electron chi connectivity index (χ0n) is 18.0. The summed E-state index contributed by atoms with van der Waals surface area (Å²) in [6.07, 6.45) is 2.05. The van der Waals surface area contributed by atoms with E-state index in [1.807, 2.05) is 55.6 Å². The first-order valence-electron chi connectivity index (χ1n) is 10.3. The minimum atomic E-state index is -0.103. The maximum absolute atomic E-state index is 12.5. The van der Waals surface area contributed by atoms with Crippen LogP contribution in [0.3, 0.4) is 0 Å². The van der Waals surface area contributed by atoms with E-state index in [1.54, 1.807) is 35.7 Å². The molecule has 1 amide bonds. The second-order valence-electron chi connectivity index (χ2n) is 7.23. The van der Waals surface area contributed by atoms with Crippen LogP contribution in [0.1, 0.15) is 27.4 Å². The van der Waals surface area contributed by atoms with Gasteiger partial charge in [0.2, 0.25) is 5.89 Å². The highest BCUT2D eigenvalue weighted by atomic mass is 32.2. The summed E-state index contributed by atoms with van der Waals surface area (Å²) >= 11 is 3.43. The van der Waals surface area contributed by atoms with E-state index in [-0.39, 0.29) is 5.91 Å². The molecule has 0 bridgehead atoms. The molecule has 1 aromatic heterocycles. The highest BCUT2D eigenvalue weighted by molar-refractivity contribution is 7.98. The van der Waals surface area contributed by atoms with Crippen LogP contribution in [0.25, 0.3) is 11.5 Å². The third kappa shape index (κ3) is 5.64. The third-order valence-corrected chi connectivity index (χ3v) is 6.78. The molecule has 162 valence electrons. The van der Waals surface area contributed by atoms with Crippen molar-refractivity contribution in [2.45, 2.75) is 29.0 Å². The lowest BCUT2D eigenvalue weighted by molar-refractivity contribution is 0.0951. The largest absolute Gasteiger partial charge is 0.441 e. The van der Waals surface area contributed by atoms with E-state index in [0.717, 1.165) is 28.3 Å². The Morgan fingerprint density at radius 2 is 1.66 bits per heavy atom. The van der Waals surface area contributed by atoms with Crippen molar-refractivity contribution in [3.8, 4) is 11.5 Å². The number of rotatable bonds is 8. The molecular formula is C26H24N2O2S2. The monoisotopic (exact) mass is 460 g/mol. The number of carbonyl (C=O) groups excluding carboxylic acids is 1. The molecule has 0 unspecified atom stereocenters. The average Bonchev–Trinajstić information content (AvgIpc) is 3.22. The van der Waals surface area contributed by atoms with Crippen molar-refractivity contribution >= 4 is 29.4 Å². The van der Waals surface area contributed by atoms with Gasteiger partial charge in [-0.3, -0.25) is 4.79 Å². The van der Waals surface area contributed by atoms with Crippen LogP contribution in [0.5, 0.6) is 0 Å². The van der Waals surface area contributed by atoms with Crippen molar-refractivity contribution < 1.29 is 9.21 Å². The normalized spacial score (nSPS) is 10.8. The molecule has 1 heterocycles. The van der Waals surface area contributed by atoms with Gasteiger partial charge in [0.05, 0.1) is 5.69 Å². The van der Waals surface area contributed by atoms with E-state index in [1.165, 1.54) is 9.79 Å². The number of hydrogen-bond donors (Lipinski definition) is 1. The summed E-state index contributed by atoms with van der Waals surface area (Å²) in [6, 6.07) is 25.8. The van der Waals surface area contributed by atoms with Gasteiger partial charge in [-0.1, -0.05) is 30.3 Å². The summed E-state index contributed by atoms with van der Waals surface area (Å²) in [5, 5.41) is 2.97. The van der Waals surface area contributed by atoms with E-state index in [2.05, 4.69) is 34.6 Å². The third-order valence-electron chi connectivity index (χ3n) is 5.02. The van der Waals surface area contributed by atoms with Crippen molar-refractivity contribution in [2.75, 3.05) is 6.26 Å². The van der Waals surface area contributed by atoms with Crippen molar-refractivity contribution in [1.82, 2.24) is 10.3 Å². The fraction of sp³-hybridized carbons (Fsp3) is 0.154. The van der Waals surface area contributed by atoms with E-state index in [0.29, 0.717) is 18.0 Å². The average molecular weight is 461 g/mol. The van der Waals surface area contributed by atoms with Gasteiger partial charge in [0.15, 0.2) is 0 Å². The number of hydrogen-bond acceptors (Lipinski definition) is 5. The van der Waals surface area contributed by atoms with Gasteiger partial charge in [-0.2, -0.15) is 0 Å². The van der Waals surface area contributed by atoms with Crippen LogP contribution in [0, 0.1) is 6.92 Å². The number of benzene rings is 3. The Hall–Kier alpha value is -2.96. The van der Waals surface area contributed by atoms with E-state index >= 15 is 0 Å². The van der Waals surface area contributed by atoms with Crippen LogP contribution in [0.15, 0.2) is 93.1 Å². The first-order chi connectivity index (χ1) is 15.6. The number of amides is 1. The molecule has 0 aliphatic rings. The summed E-state index contributed by atoms with van der Waals surface area (Å²) in [7, 11) is 0. The lowest BCUT2D eigenvalue weighted by Crippen LogP contribution is -2.22. The lowest BCUT2D eigenvalue weighted by Gasteiger charge is -2.06. The molecule has 3 aromatic carbocycles. The van der Waals surface area contributed by atoms with Crippen LogP contribution in [-0.2, 0) is 12.3 Å². The number of nitrogens with one attached hydrogen (secondary N) is 1. The molecule has 0 aliphatic carbocycles. The summed E-state index contributed by atoms with van der Waals surface area (Å²) in [5.74, 6) is 2.04. The van der Waals surface area contributed by atoms with Crippen molar-refractivity contribution in [3.63, 3.8) is 0 Å². The molecular weight excluding hydrogens is 436 g/mol. The molecule has 0 fully saturated rings. The second-order valence-corrected chi connectivity index (χ2v) is 9.16. The second kappa shape index (κ2) is 10.6. The molecule has 4 nitrogen and oxygen atoms in total. The minimum absolute atomic E-state index is 0.103. The first kappa shape index (κ1) is 22.2. The zero-order valence-corrected chi connectivity index (χ0v) is 19.6. The molecule has 0 atom stereocenters. The Morgan fingerprint density at radius 1 is 0.938 bits per heavy atom. The van der Waals surface area contributed by atoms with Gasteiger partial charge in [-0.25, -0.2) is 4.98 Å². The van der Waals surface area contributed by atoms with Crippen molar-refractivity contribution in [2.24, 2.45) is 0 Å². The predicted octanol–water partition coefficient (Wildman–Crippen LogP) is 6.59. The molecule has 6 heteroatoms. The van der Waals surface area contributed by atoms with Gasteiger partial charge in [0, 0.05) is 33.2 Å². The van der Waals surface area contributed by atoms with E-state index in [9.17, 15) is 4.79 Å². The molecule has 0 saturated heterocycles. The quantitative estimate of drug-likeness (QED) is 0.300. The molecule has 32 heavy (non-hydrogen) atoms. The fourth-order valence-electron chi connectivity index (χ4n) is 3.15. The maximum atomic E-state index is 12.5. The van der Waals surface area contributed by atoms with Crippen LogP contribution in [0.4, 0.5) is 0 Å². The predicted molar refractivity (Wildman–Crippen MR) is 132 cm³/mol. The van der Waals surface area contributed by atoms with Gasteiger partial charge in [0.25, 0.3) is 5.91 Å². The van der Waals surface area contributed by atoms with Crippen LogP contribution < -0.4 is 5.32 Å². The van der Waals surface area contributed by atoms with Gasteiger partial charge in [-0.15, -0.1) is 23.5 Å². The lowest BCUT2D eigenvalue weighted by atomic mass is 10.1. The number of nitrogens with zero attached hydrogens (tertiary/aromatic N) is 1. The van der Waals surface area contributed by atoms with Gasteiger partial charge >= 0.3 is 0 Å². The Balaban J connectivity index is 1.37. The Kier molecular flexibility index (Phi) is 7.35. The number of carbonyl (C=O) groups is 1. The van der Waals surface area contributed by atoms with E-state index < -0.39 is 0 Å². The minimum Gasteiger partial charge on any atom is -0.441 e. The smallest absolute Gasteiger partial charge is 0.251 e. The number of aromatic nitrogens is 1. The first-order valence-corrected chi connectivity index (χ1v) is 12.5. The maximum Gasteiger partial charge on any atom is 0.251 e. The highest BCUT2D eigenvalue weighted by Gasteiger charge is 2.13. The zero-order chi connectivity index (χ0) is 22.3. The number of oxazole rings is 1. The molecule has 0 radical (unpaired) electrons. The Morgan fingerprint density at radius 3 is 2.34 bits per heavy atom. The van der Waals surface area contributed by atoms with Crippen molar-refractivity contribution in [3.05, 3.63) is 101 Å². The highest BCUT2D eigenvalue weighted by Crippen LogP contribution is 2.27. The SMILES string of the molecule is CSc1ccc(CNC(=O)c2ccc(-c3nc(CSc4ccccc4)c(C)o3)cc2)cc1. The molecule has 4 rings (SSSR count). The van der Waals surface area contributed by atoms with Crippen molar-refractivity contribution in [1.29, 1.82) is 0 Å². The standard InChI is InChI=1S/C26H24N2O2S2/c1-18-24(17-32-23-6-4-3-5-7-23)28-26(30-18)21-12-10-20(11-13-21)25(29)27-16-19-8-14-22(31-2)15-9-19/h3-15H,16-17H2,1-2H3,(H,27,29). The van der Waals surface area contributed by atoms with Gasteiger partial charge in [-0.05, 0) is 67.3 Å². The molecule has 0 saturated carbocycles. The van der Waals surface area contributed by atoms with Crippen LogP contribution in [-0.4, -0.2) is 17.1 Å². The molecule has 4 aromatic rings. The fourth-order valence-corrected chi connectivity index (χ4v) is 4.47. The summed E-state index contributed by atoms with van der Waals surface area (Å²) < 4.78 is 5.89. The summed E-state index contributed by atoms with van der Waals surface area (Å²) in [4.78, 5) is 19.6. The van der Waals surface area contributed by atoms with Crippen LogP contribution >= 0.6 is 23.5 Å². The molecule has 0 spiro atoms. The number of thioether (sulfide) groups is 2.